The SMILES string of the molecule is Cc1csc(=Nc2c(C)n(C)n(-c3ccccc3)c2=O)n1C(C)C. The van der Waals surface area contributed by atoms with Crippen molar-refractivity contribution in [1.82, 2.24) is 13.9 Å². The molecule has 0 saturated heterocycles. The standard InChI is InChI=1S/C18H22N4OS/c1-12(2)21-13(3)11-24-18(21)19-16-14(4)20(5)22(17(16)23)15-9-7-6-8-10-15/h6-12H,1-5H3. The number of hydrogen-bond donors (Lipinski definition) is 0. The molecule has 0 spiro atoms. The van der Waals surface area contributed by atoms with Gasteiger partial charge in [-0.25, -0.2) is 9.67 Å². The Morgan fingerprint density at radius 1 is 1.12 bits per heavy atom. The van der Waals surface area contributed by atoms with E-state index in [4.69, 9.17) is 4.99 Å². The fourth-order valence-electron chi connectivity index (χ4n) is 2.89. The second kappa shape index (κ2) is 6.28. The van der Waals surface area contributed by atoms with Gasteiger partial charge in [-0.3, -0.25) is 9.48 Å². The molecule has 6 heteroatoms. The van der Waals surface area contributed by atoms with E-state index in [1.54, 1.807) is 16.0 Å². The lowest BCUT2D eigenvalue weighted by atomic mass is 10.3. The van der Waals surface area contributed by atoms with Crippen molar-refractivity contribution in [2.45, 2.75) is 33.7 Å². The van der Waals surface area contributed by atoms with Gasteiger partial charge in [-0.2, -0.15) is 0 Å². The van der Waals surface area contributed by atoms with E-state index in [0.29, 0.717) is 11.7 Å². The van der Waals surface area contributed by atoms with Crippen molar-refractivity contribution in [2.75, 3.05) is 0 Å². The van der Waals surface area contributed by atoms with E-state index in [0.717, 1.165) is 21.9 Å². The zero-order valence-corrected chi connectivity index (χ0v) is 15.5. The van der Waals surface area contributed by atoms with Gasteiger partial charge in [0.15, 0.2) is 10.5 Å². The van der Waals surface area contributed by atoms with Gasteiger partial charge in [-0.15, -0.1) is 11.3 Å². The largest absolute Gasteiger partial charge is 0.319 e. The van der Waals surface area contributed by atoms with Crippen LogP contribution in [-0.2, 0) is 7.05 Å². The van der Waals surface area contributed by atoms with Crippen LogP contribution in [0.1, 0.15) is 31.3 Å². The van der Waals surface area contributed by atoms with Crippen LogP contribution in [0, 0.1) is 13.8 Å². The van der Waals surface area contributed by atoms with Crippen molar-refractivity contribution in [3.63, 3.8) is 0 Å². The minimum atomic E-state index is -0.0949. The van der Waals surface area contributed by atoms with E-state index in [1.807, 2.05) is 49.0 Å². The monoisotopic (exact) mass is 342 g/mol. The van der Waals surface area contributed by atoms with Crippen LogP contribution in [0.4, 0.5) is 5.69 Å². The van der Waals surface area contributed by atoms with Crippen LogP contribution < -0.4 is 10.4 Å². The highest BCUT2D eigenvalue weighted by molar-refractivity contribution is 7.07. The number of benzene rings is 1. The van der Waals surface area contributed by atoms with Crippen molar-refractivity contribution in [3.8, 4) is 5.69 Å². The lowest BCUT2D eigenvalue weighted by Gasteiger charge is -2.09. The molecule has 3 aromatic rings. The van der Waals surface area contributed by atoms with Crippen LogP contribution >= 0.6 is 11.3 Å². The quantitative estimate of drug-likeness (QED) is 0.719. The third-order valence-electron chi connectivity index (χ3n) is 4.17. The van der Waals surface area contributed by atoms with Crippen LogP contribution in [0.3, 0.4) is 0 Å². The molecule has 0 N–H and O–H groups in total. The number of hydrogen-bond acceptors (Lipinski definition) is 3. The molecular formula is C18H22N4OS. The summed E-state index contributed by atoms with van der Waals surface area (Å²) in [6, 6.07) is 9.94. The third-order valence-corrected chi connectivity index (χ3v) is 5.13. The molecule has 24 heavy (non-hydrogen) atoms. The Morgan fingerprint density at radius 2 is 1.79 bits per heavy atom. The molecule has 0 aliphatic carbocycles. The first-order chi connectivity index (χ1) is 11.4. The number of aromatic nitrogens is 3. The second-order valence-corrected chi connectivity index (χ2v) is 6.98. The number of rotatable bonds is 3. The lowest BCUT2D eigenvalue weighted by molar-refractivity contribution is 0.570. The first-order valence-corrected chi connectivity index (χ1v) is 8.85. The Labute approximate surface area is 145 Å². The molecule has 3 rings (SSSR count). The third kappa shape index (κ3) is 2.67. The maximum atomic E-state index is 12.9. The number of para-hydroxylation sites is 1. The molecule has 1 aromatic carbocycles. The van der Waals surface area contributed by atoms with Crippen molar-refractivity contribution >= 4 is 17.0 Å². The molecule has 0 unspecified atom stereocenters. The number of aryl methyl sites for hydroxylation is 1. The smallest absolute Gasteiger partial charge is 0.297 e. The van der Waals surface area contributed by atoms with Crippen LogP contribution in [0.5, 0.6) is 0 Å². The Kier molecular flexibility index (Phi) is 4.32. The maximum absolute atomic E-state index is 12.9. The van der Waals surface area contributed by atoms with Crippen LogP contribution in [0.15, 0.2) is 45.5 Å². The molecule has 126 valence electrons. The Bertz CT molecular complexity index is 986. The summed E-state index contributed by atoms with van der Waals surface area (Å²) in [6.45, 7) is 8.24. The topological polar surface area (TPSA) is 44.2 Å². The molecule has 0 fully saturated rings. The van der Waals surface area contributed by atoms with E-state index < -0.39 is 0 Å². The summed E-state index contributed by atoms with van der Waals surface area (Å²) >= 11 is 1.57. The second-order valence-electron chi connectivity index (χ2n) is 6.15. The molecule has 2 heterocycles. The minimum absolute atomic E-state index is 0.0949. The van der Waals surface area contributed by atoms with Gasteiger partial charge in [0.2, 0.25) is 0 Å². The van der Waals surface area contributed by atoms with E-state index >= 15 is 0 Å². The summed E-state index contributed by atoms with van der Waals surface area (Å²) in [5, 5.41) is 2.08. The normalized spacial score (nSPS) is 12.3. The summed E-state index contributed by atoms with van der Waals surface area (Å²) in [6.07, 6.45) is 0. The van der Waals surface area contributed by atoms with Crippen molar-refractivity contribution in [3.05, 3.63) is 62.3 Å². The predicted molar refractivity (Wildman–Crippen MR) is 98.4 cm³/mol. The maximum Gasteiger partial charge on any atom is 0.297 e. The molecule has 0 aliphatic heterocycles. The van der Waals surface area contributed by atoms with Gasteiger partial charge in [0.05, 0.1) is 11.4 Å². The molecule has 0 aliphatic rings. The average Bonchev–Trinajstić information content (AvgIpc) is 3.02. The van der Waals surface area contributed by atoms with Gasteiger partial charge in [-0.05, 0) is 39.8 Å². The van der Waals surface area contributed by atoms with Gasteiger partial charge >= 0.3 is 0 Å². The highest BCUT2D eigenvalue weighted by atomic mass is 32.1. The molecule has 0 bridgehead atoms. The van der Waals surface area contributed by atoms with Gasteiger partial charge in [0.1, 0.15) is 0 Å². The minimum Gasteiger partial charge on any atom is -0.319 e. The van der Waals surface area contributed by atoms with Crippen molar-refractivity contribution in [2.24, 2.45) is 12.0 Å². The molecule has 5 nitrogen and oxygen atoms in total. The Hall–Kier alpha value is -2.34. The summed E-state index contributed by atoms with van der Waals surface area (Å²) in [4.78, 5) is 18.5. The number of thiazole rings is 1. The lowest BCUT2D eigenvalue weighted by Crippen LogP contribution is -2.21. The fraction of sp³-hybridized carbons (Fsp3) is 0.333. The molecule has 0 atom stereocenters. The van der Waals surface area contributed by atoms with E-state index in [9.17, 15) is 4.79 Å². The Balaban J connectivity index is 2.26. The summed E-state index contributed by atoms with van der Waals surface area (Å²) < 4.78 is 5.68. The zero-order chi connectivity index (χ0) is 17.4. The van der Waals surface area contributed by atoms with Crippen molar-refractivity contribution in [1.29, 1.82) is 0 Å². The first-order valence-electron chi connectivity index (χ1n) is 7.97. The van der Waals surface area contributed by atoms with Gasteiger partial charge < -0.3 is 4.57 Å². The van der Waals surface area contributed by atoms with E-state index in [1.165, 1.54) is 0 Å². The van der Waals surface area contributed by atoms with Crippen LogP contribution in [0.2, 0.25) is 0 Å². The van der Waals surface area contributed by atoms with E-state index in [-0.39, 0.29) is 5.56 Å². The highest BCUT2D eigenvalue weighted by Crippen LogP contribution is 2.17. The summed E-state index contributed by atoms with van der Waals surface area (Å²) in [5.41, 5.74) is 3.25. The fourth-order valence-corrected chi connectivity index (χ4v) is 3.89. The van der Waals surface area contributed by atoms with E-state index in [2.05, 4.69) is 30.7 Å². The summed E-state index contributed by atoms with van der Waals surface area (Å²) in [5.74, 6) is 0. The first kappa shape index (κ1) is 16.5. The van der Waals surface area contributed by atoms with Gasteiger partial charge in [-0.1, -0.05) is 18.2 Å². The Morgan fingerprint density at radius 3 is 2.42 bits per heavy atom. The van der Waals surface area contributed by atoms with Gasteiger partial charge in [0, 0.05) is 24.2 Å². The highest BCUT2D eigenvalue weighted by Gasteiger charge is 2.16. The van der Waals surface area contributed by atoms with Crippen molar-refractivity contribution < 1.29 is 0 Å². The van der Waals surface area contributed by atoms with Crippen LogP contribution in [0.25, 0.3) is 5.69 Å². The molecule has 0 saturated carbocycles. The van der Waals surface area contributed by atoms with Crippen LogP contribution in [-0.4, -0.2) is 13.9 Å². The zero-order valence-electron chi connectivity index (χ0n) is 14.6. The predicted octanol–water partition coefficient (Wildman–Crippen LogP) is 3.47. The van der Waals surface area contributed by atoms with Gasteiger partial charge in [0.25, 0.3) is 5.56 Å². The molecule has 0 radical (unpaired) electrons. The molecule has 2 aromatic heterocycles. The molecule has 0 amide bonds. The molecular weight excluding hydrogens is 320 g/mol. The average molecular weight is 342 g/mol. The number of nitrogens with zero attached hydrogens (tertiary/aromatic N) is 4. The summed E-state index contributed by atoms with van der Waals surface area (Å²) in [7, 11) is 1.89.